The Morgan fingerprint density at radius 2 is 1.68 bits per heavy atom. The summed E-state index contributed by atoms with van der Waals surface area (Å²) in [4.78, 5) is 16.1. The molecule has 142 valence electrons. The second-order valence-corrected chi connectivity index (χ2v) is 8.12. The van der Waals surface area contributed by atoms with Crippen molar-refractivity contribution in [2.75, 3.05) is 5.32 Å². The number of H-pyrrole nitrogens is 1. The van der Waals surface area contributed by atoms with Gasteiger partial charge < -0.3 is 5.32 Å². The number of aromatic nitrogens is 3. The summed E-state index contributed by atoms with van der Waals surface area (Å²) in [5, 5.41) is 16.9. The van der Waals surface area contributed by atoms with Gasteiger partial charge in [-0.15, -0.1) is 5.10 Å². The van der Waals surface area contributed by atoms with E-state index in [-0.39, 0.29) is 10.7 Å². The number of anilines is 2. The molecule has 1 heterocycles. The van der Waals surface area contributed by atoms with E-state index in [4.69, 9.17) is 5.26 Å². The molecule has 2 aromatic carbocycles. The van der Waals surface area contributed by atoms with Crippen LogP contribution in [0.5, 0.6) is 0 Å². The molecule has 8 nitrogen and oxygen atoms in total. The number of hydrogen-bond donors (Lipinski definition) is 2. The van der Waals surface area contributed by atoms with E-state index < -0.39 is 20.6 Å². The highest BCUT2D eigenvalue weighted by molar-refractivity contribution is 7.91. The van der Waals surface area contributed by atoms with Crippen LogP contribution in [0.25, 0.3) is 0 Å². The highest BCUT2D eigenvalue weighted by atomic mass is 32.2. The lowest BCUT2D eigenvalue weighted by Crippen LogP contribution is -2.20. The lowest BCUT2D eigenvalue weighted by atomic mass is 10.1. The first-order valence-corrected chi connectivity index (χ1v) is 9.77. The maximum Gasteiger partial charge on any atom is 0.307 e. The Morgan fingerprint density at radius 3 is 2.25 bits per heavy atom. The first-order chi connectivity index (χ1) is 13.2. The fourth-order valence-corrected chi connectivity index (χ4v) is 4.50. The maximum absolute atomic E-state index is 13.1. The van der Waals surface area contributed by atoms with Gasteiger partial charge in [0.2, 0.25) is 15.7 Å². The van der Waals surface area contributed by atoms with E-state index in [0.29, 0.717) is 22.4 Å². The normalized spacial score (nSPS) is 11.1. The van der Waals surface area contributed by atoms with Crippen LogP contribution in [0.2, 0.25) is 0 Å². The first kappa shape index (κ1) is 19.3. The van der Waals surface area contributed by atoms with Crippen LogP contribution in [0.3, 0.4) is 0 Å². The lowest BCUT2D eigenvalue weighted by Gasteiger charge is -2.12. The van der Waals surface area contributed by atoms with E-state index in [1.54, 1.807) is 50.2 Å². The van der Waals surface area contributed by atoms with Gasteiger partial charge in [-0.2, -0.15) is 10.2 Å². The van der Waals surface area contributed by atoms with Crippen LogP contribution in [-0.4, -0.2) is 23.6 Å². The number of aromatic amines is 1. The third kappa shape index (κ3) is 3.63. The third-order valence-corrected chi connectivity index (χ3v) is 5.91. The van der Waals surface area contributed by atoms with Crippen LogP contribution < -0.4 is 10.9 Å². The molecular weight excluding hydrogens is 378 g/mol. The summed E-state index contributed by atoms with van der Waals surface area (Å²) in [6.07, 6.45) is 0. The maximum atomic E-state index is 13.1. The summed E-state index contributed by atoms with van der Waals surface area (Å²) in [5.41, 5.74) is 2.37. The van der Waals surface area contributed by atoms with Crippen LogP contribution in [0.1, 0.15) is 22.3 Å². The Hall–Kier alpha value is -3.51. The van der Waals surface area contributed by atoms with Crippen molar-refractivity contribution in [2.24, 2.45) is 0 Å². The summed E-state index contributed by atoms with van der Waals surface area (Å²) in [5.74, 6) is -0.208. The van der Waals surface area contributed by atoms with Crippen LogP contribution in [0, 0.1) is 32.1 Å². The molecule has 0 atom stereocenters. The molecule has 0 bridgehead atoms. The topological polar surface area (TPSA) is 129 Å². The van der Waals surface area contributed by atoms with Crippen molar-refractivity contribution in [3.8, 4) is 6.07 Å². The minimum atomic E-state index is -4.03. The van der Waals surface area contributed by atoms with Gasteiger partial charge >= 0.3 is 5.56 Å². The number of nitrogens with zero attached hydrogens (tertiary/aromatic N) is 3. The molecule has 0 radical (unpaired) electrons. The van der Waals surface area contributed by atoms with Gasteiger partial charge in [-0.3, -0.25) is 4.79 Å². The molecule has 0 aliphatic heterocycles. The molecule has 3 rings (SSSR count). The fraction of sp³-hybridized carbons (Fsp3) is 0.158. The average molecular weight is 395 g/mol. The van der Waals surface area contributed by atoms with Crippen LogP contribution in [-0.2, 0) is 9.84 Å². The Labute approximate surface area is 161 Å². The summed E-state index contributed by atoms with van der Waals surface area (Å²) in [7, 11) is -4.03. The number of nitrogens with one attached hydrogen (secondary N) is 2. The van der Waals surface area contributed by atoms with Gasteiger partial charge in [0.1, 0.15) is 0 Å². The van der Waals surface area contributed by atoms with Crippen molar-refractivity contribution in [1.29, 1.82) is 5.26 Å². The number of aryl methyl sites for hydroxylation is 3. The molecule has 28 heavy (non-hydrogen) atoms. The fourth-order valence-electron chi connectivity index (χ4n) is 2.97. The van der Waals surface area contributed by atoms with Gasteiger partial charge in [-0.1, -0.05) is 17.7 Å². The third-order valence-electron chi connectivity index (χ3n) is 4.07. The van der Waals surface area contributed by atoms with Crippen LogP contribution in [0.4, 0.5) is 11.5 Å². The summed E-state index contributed by atoms with van der Waals surface area (Å²) in [6, 6.07) is 11.8. The molecule has 0 unspecified atom stereocenters. The van der Waals surface area contributed by atoms with Crippen molar-refractivity contribution < 1.29 is 8.42 Å². The van der Waals surface area contributed by atoms with Gasteiger partial charge in [0.25, 0.3) is 5.16 Å². The predicted molar refractivity (Wildman–Crippen MR) is 103 cm³/mol. The largest absolute Gasteiger partial charge is 0.335 e. The number of rotatable bonds is 4. The number of sulfone groups is 1. The second kappa shape index (κ2) is 7.25. The summed E-state index contributed by atoms with van der Waals surface area (Å²) in [6.45, 7) is 5.29. The predicted octanol–water partition coefficient (Wildman–Crippen LogP) is 2.54. The molecule has 9 heteroatoms. The van der Waals surface area contributed by atoms with Gasteiger partial charge in [0.15, 0.2) is 0 Å². The average Bonchev–Trinajstić information content (AvgIpc) is 2.63. The molecule has 0 saturated heterocycles. The first-order valence-electron chi connectivity index (χ1n) is 8.29. The minimum Gasteiger partial charge on any atom is -0.335 e. The summed E-state index contributed by atoms with van der Waals surface area (Å²) >= 11 is 0. The highest BCUT2D eigenvalue weighted by Crippen LogP contribution is 2.26. The SMILES string of the molecule is Cc1cc(C)c(S(=O)(=O)c2n[nH]c(=O)c(Nc3ccc(C#N)cc3)n2)c(C)c1. The van der Waals surface area contributed by atoms with Crippen molar-refractivity contribution in [2.45, 2.75) is 30.8 Å². The molecule has 2 N–H and O–H groups in total. The molecule has 0 saturated carbocycles. The molecule has 1 aromatic heterocycles. The molecule has 3 aromatic rings. The lowest BCUT2D eigenvalue weighted by molar-refractivity contribution is 0.581. The zero-order valence-electron chi connectivity index (χ0n) is 15.4. The molecule has 0 aliphatic rings. The van der Waals surface area contributed by atoms with Crippen molar-refractivity contribution in [3.63, 3.8) is 0 Å². The Morgan fingerprint density at radius 1 is 1.07 bits per heavy atom. The number of benzene rings is 2. The molecule has 0 spiro atoms. The zero-order valence-corrected chi connectivity index (χ0v) is 16.3. The smallest absolute Gasteiger partial charge is 0.307 e. The number of hydrogen-bond acceptors (Lipinski definition) is 7. The second-order valence-electron chi connectivity index (χ2n) is 6.34. The standard InChI is InChI=1S/C19H17N5O3S/c1-11-8-12(2)16(13(3)9-11)28(26,27)19-22-17(18(25)23-24-19)21-15-6-4-14(10-20)5-7-15/h4-9H,1-3H3,(H,23,25)(H,21,22,24). The van der Waals surface area contributed by atoms with Crippen LogP contribution >= 0.6 is 0 Å². The molecule has 0 amide bonds. The van der Waals surface area contributed by atoms with E-state index in [2.05, 4.69) is 20.5 Å². The van der Waals surface area contributed by atoms with Gasteiger partial charge in [0.05, 0.1) is 16.5 Å². The van der Waals surface area contributed by atoms with E-state index in [1.165, 1.54) is 0 Å². The molecular formula is C19H17N5O3S. The monoisotopic (exact) mass is 395 g/mol. The highest BCUT2D eigenvalue weighted by Gasteiger charge is 2.27. The molecule has 0 aliphatic carbocycles. The van der Waals surface area contributed by atoms with Crippen molar-refractivity contribution >= 4 is 21.3 Å². The molecule has 0 fully saturated rings. The van der Waals surface area contributed by atoms with Gasteiger partial charge in [0, 0.05) is 5.69 Å². The van der Waals surface area contributed by atoms with Gasteiger partial charge in [-0.25, -0.2) is 13.5 Å². The Balaban J connectivity index is 2.05. The quantitative estimate of drug-likeness (QED) is 0.694. The van der Waals surface area contributed by atoms with Crippen molar-refractivity contribution in [3.05, 3.63) is 69.0 Å². The summed E-state index contributed by atoms with van der Waals surface area (Å²) < 4.78 is 26.2. The van der Waals surface area contributed by atoms with E-state index in [1.807, 2.05) is 13.0 Å². The number of nitriles is 1. The van der Waals surface area contributed by atoms with Crippen molar-refractivity contribution in [1.82, 2.24) is 15.2 Å². The van der Waals surface area contributed by atoms with E-state index >= 15 is 0 Å². The zero-order chi connectivity index (χ0) is 20.5. The van der Waals surface area contributed by atoms with Gasteiger partial charge in [-0.05, 0) is 56.2 Å². The van der Waals surface area contributed by atoms with E-state index in [0.717, 1.165) is 5.56 Å². The van der Waals surface area contributed by atoms with E-state index in [9.17, 15) is 13.2 Å². The van der Waals surface area contributed by atoms with Crippen LogP contribution in [0.15, 0.2) is 51.2 Å². The minimum absolute atomic E-state index is 0.120. The Kier molecular flexibility index (Phi) is 4.98. The Bertz CT molecular complexity index is 1230.